The number of nitro benzene ring substituents is 1. The number of nitro groups is 1. The molecule has 0 radical (unpaired) electrons. The monoisotopic (exact) mass is 415 g/mol. The lowest BCUT2D eigenvalue weighted by molar-refractivity contribution is -0.384. The second-order valence-corrected chi connectivity index (χ2v) is 5.98. The minimum atomic E-state index is -0.533. The topological polar surface area (TPSA) is 93.8 Å². The van der Waals surface area contributed by atoms with E-state index in [1.54, 1.807) is 0 Å². The fourth-order valence-corrected chi connectivity index (χ4v) is 2.27. The number of nitrogens with one attached hydrogen (secondary N) is 1. The van der Waals surface area contributed by atoms with Crippen molar-refractivity contribution in [3.63, 3.8) is 0 Å². The maximum Gasteiger partial charge on any atom is 0.270 e. The standard InChI is InChI=1S/C18H14BrN3O4/c1-2-9-26-17-8-7-16(22(24)25)11-14(17)12-20-21-18(23)10-13-3-5-15(19)6-4-13/h1,3-8,11-12H,9-10H2,(H,21,23)/b20-12+. The Balaban J connectivity index is 2.06. The van der Waals surface area contributed by atoms with E-state index in [9.17, 15) is 14.9 Å². The fraction of sp³-hybridized carbons (Fsp3) is 0.111. The van der Waals surface area contributed by atoms with Gasteiger partial charge in [0.05, 0.1) is 17.6 Å². The summed E-state index contributed by atoms with van der Waals surface area (Å²) in [4.78, 5) is 22.3. The van der Waals surface area contributed by atoms with Gasteiger partial charge >= 0.3 is 0 Å². The van der Waals surface area contributed by atoms with Crippen LogP contribution in [0.4, 0.5) is 5.69 Å². The number of hydrogen-bond acceptors (Lipinski definition) is 5. The predicted molar refractivity (Wildman–Crippen MR) is 101 cm³/mol. The predicted octanol–water partition coefficient (Wildman–Crippen LogP) is 3.06. The van der Waals surface area contributed by atoms with Crippen LogP contribution in [0.25, 0.3) is 0 Å². The first-order chi connectivity index (χ1) is 12.5. The van der Waals surface area contributed by atoms with Crippen LogP contribution < -0.4 is 10.2 Å². The minimum Gasteiger partial charge on any atom is -0.480 e. The zero-order valence-electron chi connectivity index (χ0n) is 13.5. The number of non-ortho nitro benzene ring substituents is 1. The summed E-state index contributed by atoms with van der Waals surface area (Å²) in [6.45, 7) is 0.00851. The van der Waals surface area contributed by atoms with E-state index in [2.05, 4.69) is 32.4 Å². The van der Waals surface area contributed by atoms with Crippen molar-refractivity contribution in [1.29, 1.82) is 0 Å². The van der Waals surface area contributed by atoms with Crippen molar-refractivity contribution in [2.24, 2.45) is 5.10 Å². The normalized spacial score (nSPS) is 10.3. The molecule has 0 aliphatic heterocycles. The third-order valence-corrected chi connectivity index (χ3v) is 3.71. The number of rotatable bonds is 7. The molecule has 1 amide bonds. The number of carbonyl (C=O) groups excluding carboxylic acids is 1. The Labute approximate surface area is 158 Å². The average molecular weight is 416 g/mol. The second-order valence-electron chi connectivity index (χ2n) is 5.07. The molecule has 0 spiro atoms. The molecule has 0 bridgehead atoms. The van der Waals surface area contributed by atoms with E-state index in [4.69, 9.17) is 11.2 Å². The van der Waals surface area contributed by atoms with Gasteiger partial charge in [-0.25, -0.2) is 5.43 Å². The Hall–Kier alpha value is -3.18. The number of halogens is 1. The van der Waals surface area contributed by atoms with Crippen LogP contribution in [0.5, 0.6) is 5.75 Å². The summed E-state index contributed by atoms with van der Waals surface area (Å²) in [5, 5.41) is 14.7. The SMILES string of the molecule is C#CCOc1ccc([N+](=O)[O-])cc1/C=N/NC(=O)Cc1ccc(Br)cc1. The van der Waals surface area contributed by atoms with Crippen molar-refractivity contribution in [3.8, 4) is 18.1 Å². The third kappa shape index (κ3) is 5.72. The van der Waals surface area contributed by atoms with Crippen molar-refractivity contribution in [1.82, 2.24) is 5.43 Å². The number of ether oxygens (including phenoxy) is 1. The number of amides is 1. The molecule has 0 saturated heterocycles. The lowest BCUT2D eigenvalue weighted by atomic mass is 10.1. The van der Waals surface area contributed by atoms with Gasteiger partial charge in [0, 0.05) is 22.2 Å². The molecular weight excluding hydrogens is 402 g/mol. The van der Waals surface area contributed by atoms with Gasteiger partial charge < -0.3 is 4.74 Å². The van der Waals surface area contributed by atoms with Gasteiger partial charge in [0.25, 0.3) is 5.69 Å². The highest BCUT2D eigenvalue weighted by atomic mass is 79.9. The highest BCUT2D eigenvalue weighted by molar-refractivity contribution is 9.10. The quantitative estimate of drug-likeness (QED) is 0.325. The molecule has 0 aliphatic carbocycles. The summed E-state index contributed by atoms with van der Waals surface area (Å²) >= 11 is 3.32. The molecule has 0 unspecified atom stereocenters. The van der Waals surface area contributed by atoms with E-state index < -0.39 is 4.92 Å². The van der Waals surface area contributed by atoms with Crippen LogP contribution in [-0.2, 0) is 11.2 Å². The molecule has 0 atom stereocenters. The van der Waals surface area contributed by atoms with Crippen molar-refractivity contribution < 1.29 is 14.5 Å². The van der Waals surface area contributed by atoms with Crippen LogP contribution in [0.15, 0.2) is 52.0 Å². The van der Waals surface area contributed by atoms with Crippen LogP contribution >= 0.6 is 15.9 Å². The number of terminal acetylenes is 1. The molecule has 0 saturated carbocycles. The van der Waals surface area contributed by atoms with E-state index in [0.29, 0.717) is 11.3 Å². The average Bonchev–Trinajstić information content (AvgIpc) is 2.62. The molecule has 2 aromatic carbocycles. The first-order valence-electron chi connectivity index (χ1n) is 7.40. The molecule has 0 fully saturated rings. The molecule has 0 aromatic heterocycles. The molecule has 132 valence electrons. The van der Waals surface area contributed by atoms with Gasteiger partial charge in [0.2, 0.25) is 5.91 Å². The molecule has 2 aromatic rings. The summed E-state index contributed by atoms with van der Waals surface area (Å²) < 4.78 is 6.24. The molecule has 8 heteroatoms. The van der Waals surface area contributed by atoms with E-state index in [1.807, 2.05) is 24.3 Å². The molecule has 0 heterocycles. The van der Waals surface area contributed by atoms with Crippen LogP contribution in [0.3, 0.4) is 0 Å². The van der Waals surface area contributed by atoms with Gasteiger partial charge in [0.1, 0.15) is 12.4 Å². The number of hydrazone groups is 1. The molecule has 1 N–H and O–H groups in total. The summed E-state index contributed by atoms with van der Waals surface area (Å²) in [5.74, 6) is 2.33. The minimum absolute atomic E-state index is 0.00851. The van der Waals surface area contributed by atoms with Crippen molar-refractivity contribution >= 4 is 33.7 Å². The Kier molecular flexibility index (Phi) is 6.88. The third-order valence-electron chi connectivity index (χ3n) is 3.19. The Morgan fingerprint density at radius 2 is 2.08 bits per heavy atom. The lowest BCUT2D eigenvalue weighted by Gasteiger charge is -2.06. The van der Waals surface area contributed by atoms with Gasteiger partial charge in [-0.15, -0.1) is 6.42 Å². The smallest absolute Gasteiger partial charge is 0.270 e. The Morgan fingerprint density at radius 1 is 1.35 bits per heavy atom. The van der Waals surface area contributed by atoms with Gasteiger partial charge in [-0.3, -0.25) is 14.9 Å². The zero-order chi connectivity index (χ0) is 18.9. The summed E-state index contributed by atoms with van der Waals surface area (Å²) in [7, 11) is 0. The number of benzene rings is 2. The van der Waals surface area contributed by atoms with E-state index in [0.717, 1.165) is 10.0 Å². The van der Waals surface area contributed by atoms with Gasteiger partial charge in [-0.05, 0) is 23.8 Å². The fourth-order valence-electron chi connectivity index (χ4n) is 2.00. The maximum atomic E-state index is 11.9. The van der Waals surface area contributed by atoms with Crippen LogP contribution in [0.1, 0.15) is 11.1 Å². The Bertz CT molecular complexity index is 873. The van der Waals surface area contributed by atoms with Crippen LogP contribution in [0.2, 0.25) is 0 Å². The first kappa shape index (κ1) is 19.1. The number of hydrogen-bond donors (Lipinski definition) is 1. The van der Waals surface area contributed by atoms with Crippen molar-refractivity contribution in [3.05, 3.63) is 68.2 Å². The van der Waals surface area contributed by atoms with E-state index in [1.165, 1.54) is 24.4 Å². The molecule has 2 rings (SSSR count). The molecule has 7 nitrogen and oxygen atoms in total. The molecule has 26 heavy (non-hydrogen) atoms. The van der Waals surface area contributed by atoms with Crippen molar-refractivity contribution in [2.75, 3.05) is 6.61 Å². The van der Waals surface area contributed by atoms with Crippen LogP contribution in [0, 0.1) is 22.5 Å². The van der Waals surface area contributed by atoms with Gasteiger partial charge in [-0.2, -0.15) is 5.10 Å². The highest BCUT2D eigenvalue weighted by Crippen LogP contribution is 2.22. The van der Waals surface area contributed by atoms with E-state index >= 15 is 0 Å². The summed E-state index contributed by atoms with van der Waals surface area (Å²) in [6, 6.07) is 11.3. The maximum absolute atomic E-state index is 11.9. The lowest BCUT2D eigenvalue weighted by Crippen LogP contribution is -2.19. The number of nitrogens with zero attached hydrogens (tertiary/aromatic N) is 2. The van der Waals surface area contributed by atoms with Gasteiger partial charge in [0.15, 0.2) is 0 Å². The first-order valence-corrected chi connectivity index (χ1v) is 8.20. The molecular formula is C18H14BrN3O4. The largest absolute Gasteiger partial charge is 0.480 e. The van der Waals surface area contributed by atoms with Gasteiger partial charge in [-0.1, -0.05) is 34.0 Å². The molecule has 0 aliphatic rings. The van der Waals surface area contributed by atoms with E-state index in [-0.39, 0.29) is 24.6 Å². The summed E-state index contributed by atoms with van der Waals surface area (Å²) in [6.07, 6.45) is 6.58. The van der Waals surface area contributed by atoms with Crippen LogP contribution in [-0.4, -0.2) is 23.7 Å². The number of carbonyl (C=O) groups is 1. The second kappa shape index (κ2) is 9.34. The highest BCUT2D eigenvalue weighted by Gasteiger charge is 2.10. The Morgan fingerprint density at radius 3 is 2.73 bits per heavy atom. The zero-order valence-corrected chi connectivity index (χ0v) is 15.1. The van der Waals surface area contributed by atoms with Crippen molar-refractivity contribution in [2.45, 2.75) is 6.42 Å². The summed E-state index contributed by atoms with van der Waals surface area (Å²) in [5.41, 5.74) is 3.41.